The maximum atomic E-state index is 9.18. The van der Waals surface area contributed by atoms with E-state index >= 15 is 0 Å². The highest BCUT2D eigenvalue weighted by Crippen LogP contribution is 2.28. The summed E-state index contributed by atoms with van der Waals surface area (Å²) in [6.45, 7) is 4.56. The van der Waals surface area contributed by atoms with E-state index in [-0.39, 0.29) is 6.61 Å². The number of hydrogen-bond donors (Lipinski definition) is 1. The van der Waals surface area contributed by atoms with Gasteiger partial charge in [-0.25, -0.2) is 0 Å². The fourth-order valence-electron chi connectivity index (χ4n) is 2.42. The summed E-state index contributed by atoms with van der Waals surface area (Å²) in [6, 6.07) is 8.85. The zero-order valence-corrected chi connectivity index (χ0v) is 11.1. The van der Waals surface area contributed by atoms with Crippen molar-refractivity contribution in [3.63, 3.8) is 0 Å². The molecule has 1 aliphatic rings. The van der Waals surface area contributed by atoms with Crippen molar-refractivity contribution in [3.05, 3.63) is 29.8 Å². The Kier molecular flexibility index (Phi) is 5.02. The van der Waals surface area contributed by atoms with Crippen LogP contribution in [0.5, 0.6) is 5.75 Å². The van der Waals surface area contributed by atoms with Crippen LogP contribution in [0.15, 0.2) is 24.3 Å². The summed E-state index contributed by atoms with van der Waals surface area (Å²) >= 11 is 0. The van der Waals surface area contributed by atoms with Crippen LogP contribution in [0.4, 0.5) is 0 Å². The van der Waals surface area contributed by atoms with Gasteiger partial charge in [0.05, 0.1) is 13.2 Å². The van der Waals surface area contributed by atoms with Gasteiger partial charge in [-0.05, 0) is 25.8 Å². The molecule has 0 aromatic heterocycles. The van der Waals surface area contributed by atoms with Gasteiger partial charge in [-0.3, -0.25) is 4.90 Å². The highest BCUT2D eigenvalue weighted by Gasteiger charge is 2.25. The SMILES string of the molecule is CCOc1ccccc1CN(CCO)C1CCC1. The normalized spacial score (nSPS) is 15.7. The van der Waals surface area contributed by atoms with Crippen LogP contribution < -0.4 is 4.74 Å². The molecule has 1 N–H and O–H groups in total. The fourth-order valence-corrected chi connectivity index (χ4v) is 2.42. The molecule has 1 aromatic carbocycles. The van der Waals surface area contributed by atoms with Gasteiger partial charge in [-0.2, -0.15) is 0 Å². The number of ether oxygens (including phenoxy) is 1. The molecule has 1 fully saturated rings. The second kappa shape index (κ2) is 6.76. The van der Waals surface area contributed by atoms with E-state index in [1.807, 2.05) is 19.1 Å². The molecule has 3 nitrogen and oxygen atoms in total. The van der Waals surface area contributed by atoms with Crippen molar-refractivity contribution in [1.82, 2.24) is 4.90 Å². The third-order valence-corrected chi connectivity index (χ3v) is 3.62. The average molecular weight is 249 g/mol. The maximum Gasteiger partial charge on any atom is 0.123 e. The number of rotatable bonds is 7. The molecule has 0 heterocycles. The Morgan fingerprint density at radius 1 is 1.33 bits per heavy atom. The zero-order chi connectivity index (χ0) is 12.8. The number of para-hydroxylation sites is 1. The van der Waals surface area contributed by atoms with E-state index in [0.29, 0.717) is 12.6 Å². The molecule has 0 spiro atoms. The summed E-state index contributed by atoms with van der Waals surface area (Å²) in [5.41, 5.74) is 1.22. The van der Waals surface area contributed by atoms with Gasteiger partial charge in [0.1, 0.15) is 5.75 Å². The van der Waals surface area contributed by atoms with Gasteiger partial charge < -0.3 is 9.84 Å². The monoisotopic (exact) mass is 249 g/mol. The van der Waals surface area contributed by atoms with E-state index in [0.717, 1.165) is 18.8 Å². The van der Waals surface area contributed by atoms with Crippen LogP contribution in [0.3, 0.4) is 0 Å². The molecular formula is C15H23NO2. The van der Waals surface area contributed by atoms with E-state index < -0.39 is 0 Å². The number of aliphatic hydroxyl groups is 1. The Morgan fingerprint density at radius 2 is 2.11 bits per heavy atom. The number of benzene rings is 1. The van der Waals surface area contributed by atoms with Gasteiger partial charge in [0.2, 0.25) is 0 Å². The summed E-state index contributed by atoms with van der Waals surface area (Å²) in [7, 11) is 0. The first-order valence-electron chi connectivity index (χ1n) is 6.90. The number of nitrogens with zero attached hydrogens (tertiary/aromatic N) is 1. The first-order valence-corrected chi connectivity index (χ1v) is 6.90. The number of aliphatic hydroxyl groups excluding tert-OH is 1. The molecule has 0 bridgehead atoms. The lowest BCUT2D eigenvalue weighted by Gasteiger charge is -2.37. The molecule has 3 heteroatoms. The Morgan fingerprint density at radius 3 is 2.72 bits per heavy atom. The second-order valence-corrected chi connectivity index (χ2v) is 4.82. The van der Waals surface area contributed by atoms with Crippen LogP contribution in [0.25, 0.3) is 0 Å². The van der Waals surface area contributed by atoms with Crippen molar-refractivity contribution in [2.75, 3.05) is 19.8 Å². The summed E-state index contributed by atoms with van der Waals surface area (Å²) in [5.74, 6) is 0.974. The molecule has 2 rings (SSSR count). The van der Waals surface area contributed by atoms with E-state index in [4.69, 9.17) is 4.74 Å². The van der Waals surface area contributed by atoms with Crippen LogP contribution in [0.2, 0.25) is 0 Å². The molecule has 0 amide bonds. The Labute approximate surface area is 109 Å². The van der Waals surface area contributed by atoms with Gasteiger partial charge in [0.15, 0.2) is 0 Å². The minimum Gasteiger partial charge on any atom is -0.494 e. The molecule has 1 saturated carbocycles. The Hall–Kier alpha value is -1.06. The van der Waals surface area contributed by atoms with Crippen molar-refractivity contribution in [2.24, 2.45) is 0 Å². The van der Waals surface area contributed by atoms with Gasteiger partial charge in [-0.1, -0.05) is 24.6 Å². The molecule has 0 unspecified atom stereocenters. The highest BCUT2D eigenvalue weighted by molar-refractivity contribution is 5.33. The van der Waals surface area contributed by atoms with Crippen LogP contribution in [-0.4, -0.2) is 35.8 Å². The lowest BCUT2D eigenvalue weighted by Crippen LogP contribution is -2.41. The molecule has 1 aliphatic carbocycles. The van der Waals surface area contributed by atoms with Crippen LogP contribution >= 0.6 is 0 Å². The van der Waals surface area contributed by atoms with E-state index in [1.54, 1.807) is 0 Å². The van der Waals surface area contributed by atoms with E-state index in [1.165, 1.54) is 24.8 Å². The quantitative estimate of drug-likeness (QED) is 0.805. The topological polar surface area (TPSA) is 32.7 Å². The predicted octanol–water partition coefficient (Wildman–Crippen LogP) is 2.43. The minimum absolute atomic E-state index is 0.229. The highest BCUT2D eigenvalue weighted by atomic mass is 16.5. The standard InChI is InChI=1S/C15H23NO2/c1-2-18-15-9-4-3-6-13(15)12-16(10-11-17)14-7-5-8-14/h3-4,6,9,14,17H,2,5,7-8,10-12H2,1H3. The molecule has 18 heavy (non-hydrogen) atoms. The van der Waals surface area contributed by atoms with Crippen molar-refractivity contribution in [1.29, 1.82) is 0 Å². The number of hydrogen-bond acceptors (Lipinski definition) is 3. The Bertz CT molecular complexity index is 363. The third kappa shape index (κ3) is 3.24. The molecule has 100 valence electrons. The predicted molar refractivity (Wildman–Crippen MR) is 72.7 cm³/mol. The van der Waals surface area contributed by atoms with E-state index in [2.05, 4.69) is 17.0 Å². The molecule has 1 aromatic rings. The lowest BCUT2D eigenvalue weighted by molar-refractivity contribution is 0.0935. The second-order valence-electron chi connectivity index (χ2n) is 4.82. The molecule has 0 atom stereocenters. The van der Waals surface area contributed by atoms with Gasteiger partial charge in [-0.15, -0.1) is 0 Å². The summed E-state index contributed by atoms with van der Waals surface area (Å²) in [6.07, 6.45) is 3.84. The van der Waals surface area contributed by atoms with E-state index in [9.17, 15) is 5.11 Å². The summed E-state index contributed by atoms with van der Waals surface area (Å²) in [4.78, 5) is 2.38. The third-order valence-electron chi connectivity index (χ3n) is 3.62. The lowest BCUT2D eigenvalue weighted by atomic mass is 9.91. The maximum absolute atomic E-state index is 9.18. The zero-order valence-electron chi connectivity index (χ0n) is 11.1. The van der Waals surface area contributed by atoms with Gasteiger partial charge in [0.25, 0.3) is 0 Å². The van der Waals surface area contributed by atoms with Gasteiger partial charge >= 0.3 is 0 Å². The van der Waals surface area contributed by atoms with Crippen molar-refractivity contribution < 1.29 is 9.84 Å². The van der Waals surface area contributed by atoms with Crippen molar-refractivity contribution >= 4 is 0 Å². The minimum atomic E-state index is 0.229. The molecular weight excluding hydrogens is 226 g/mol. The first kappa shape index (κ1) is 13.4. The summed E-state index contributed by atoms with van der Waals surface area (Å²) < 4.78 is 5.66. The van der Waals surface area contributed by atoms with Crippen LogP contribution in [0, 0.1) is 0 Å². The molecule has 0 aliphatic heterocycles. The van der Waals surface area contributed by atoms with Crippen LogP contribution in [0.1, 0.15) is 31.7 Å². The molecule has 0 saturated heterocycles. The molecule has 0 radical (unpaired) electrons. The van der Waals surface area contributed by atoms with Gasteiger partial charge in [0, 0.05) is 24.7 Å². The Balaban J connectivity index is 2.04. The first-order chi connectivity index (χ1) is 8.85. The fraction of sp³-hybridized carbons (Fsp3) is 0.600. The average Bonchev–Trinajstić information content (AvgIpc) is 2.30. The smallest absolute Gasteiger partial charge is 0.123 e. The largest absolute Gasteiger partial charge is 0.494 e. The van der Waals surface area contributed by atoms with Crippen molar-refractivity contribution in [2.45, 2.75) is 38.8 Å². The van der Waals surface area contributed by atoms with Crippen LogP contribution in [-0.2, 0) is 6.54 Å². The van der Waals surface area contributed by atoms with Crippen molar-refractivity contribution in [3.8, 4) is 5.75 Å². The summed E-state index contributed by atoms with van der Waals surface area (Å²) in [5, 5.41) is 9.18.